The zero-order valence-electron chi connectivity index (χ0n) is 8.84. The van der Waals surface area contributed by atoms with Crippen molar-refractivity contribution in [2.24, 2.45) is 5.73 Å². The van der Waals surface area contributed by atoms with E-state index in [1.165, 1.54) is 0 Å². The van der Waals surface area contributed by atoms with Gasteiger partial charge in [0.25, 0.3) is 6.43 Å². The molecule has 1 aromatic rings. The summed E-state index contributed by atoms with van der Waals surface area (Å²) in [5, 5.41) is 0. The van der Waals surface area contributed by atoms with Gasteiger partial charge in [-0.15, -0.1) is 0 Å². The van der Waals surface area contributed by atoms with Gasteiger partial charge < -0.3 is 10.5 Å². The molecule has 2 N–H and O–H groups in total. The van der Waals surface area contributed by atoms with Crippen molar-refractivity contribution in [3.8, 4) is 5.75 Å². The summed E-state index contributed by atoms with van der Waals surface area (Å²) >= 11 is 0. The van der Waals surface area contributed by atoms with Crippen LogP contribution >= 0.6 is 0 Å². The lowest BCUT2D eigenvalue weighted by Gasteiger charge is -2.14. The lowest BCUT2D eigenvalue weighted by Crippen LogP contribution is -2.12. The van der Waals surface area contributed by atoms with E-state index >= 15 is 0 Å². The van der Waals surface area contributed by atoms with E-state index in [2.05, 4.69) is 0 Å². The Kier molecular flexibility index (Phi) is 4.03. The summed E-state index contributed by atoms with van der Waals surface area (Å²) in [5.41, 5.74) is 7.52. The molecule has 84 valence electrons. The van der Waals surface area contributed by atoms with Crippen molar-refractivity contribution in [3.63, 3.8) is 0 Å². The number of halogens is 2. The van der Waals surface area contributed by atoms with Crippen LogP contribution in [0.15, 0.2) is 18.2 Å². The number of hydrogen-bond donors (Lipinski definition) is 1. The predicted molar refractivity (Wildman–Crippen MR) is 55.3 cm³/mol. The molecule has 0 radical (unpaired) electrons. The largest absolute Gasteiger partial charge is 0.487 e. The first kappa shape index (κ1) is 11.9. The maximum Gasteiger partial charge on any atom is 0.272 e. The van der Waals surface area contributed by atoms with Gasteiger partial charge in [0.1, 0.15) is 12.4 Å². The number of rotatable bonds is 4. The molecule has 0 bridgehead atoms. The van der Waals surface area contributed by atoms with Gasteiger partial charge in [-0.1, -0.05) is 17.7 Å². The molecule has 15 heavy (non-hydrogen) atoms. The van der Waals surface area contributed by atoms with Crippen LogP contribution in [0.3, 0.4) is 0 Å². The fourth-order valence-electron chi connectivity index (χ4n) is 1.31. The zero-order valence-corrected chi connectivity index (χ0v) is 8.84. The summed E-state index contributed by atoms with van der Waals surface area (Å²) in [6, 6.07) is 5.12. The number of nitrogens with two attached hydrogens (primary N) is 1. The van der Waals surface area contributed by atoms with Crippen molar-refractivity contribution in [1.29, 1.82) is 0 Å². The Morgan fingerprint density at radius 1 is 1.40 bits per heavy atom. The predicted octanol–water partition coefficient (Wildman–Crippen LogP) is 2.66. The molecule has 2 nitrogen and oxygen atoms in total. The van der Waals surface area contributed by atoms with Gasteiger partial charge in [0, 0.05) is 11.6 Å². The molecule has 0 aromatic heterocycles. The Morgan fingerprint density at radius 2 is 2.07 bits per heavy atom. The second-order valence-corrected chi connectivity index (χ2v) is 3.53. The van der Waals surface area contributed by atoms with Crippen molar-refractivity contribution < 1.29 is 13.5 Å². The van der Waals surface area contributed by atoms with Crippen LogP contribution in [-0.4, -0.2) is 13.0 Å². The topological polar surface area (TPSA) is 35.2 Å². The Hall–Kier alpha value is -1.16. The highest BCUT2D eigenvalue weighted by Gasteiger charge is 2.10. The van der Waals surface area contributed by atoms with E-state index in [9.17, 15) is 8.78 Å². The van der Waals surface area contributed by atoms with Crippen LogP contribution in [0.25, 0.3) is 0 Å². The minimum absolute atomic E-state index is 0.224. The fourth-order valence-corrected chi connectivity index (χ4v) is 1.31. The van der Waals surface area contributed by atoms with Crippen molar-refractivity contribution >= 4 is 0 Å². The van der Waals surface area contributed by atoms with Gasteiger partial charge in [-0.3, -0.25) is 0 Å². The van der Waals surface area contributed by atoms with Crippen LogP contribution in [-0.2, 0) is 0 Å². The molecular weight excluding hydrogens is 200 g/mol. The van der Waals surface area contributed by atoms with Gasteiger partial charge in [0.05, 0.1) is 0 Å². The van der Waals surface area contributed by atoms with Gasteiger partial charge in [-0.05, 0) is 19.9 Å². The Bertz CT molecular complexity index is 326. The van der Waals surface area contributed by atoms with Crippen LogP contribution in [0.1, 0.15) is 24.1 Å². The average molecular weight is 215 g/mol. The monoisotopic (exact) mass is 215 g/mol. The molecule has 0 aliphatic carbocycles. The van der Waals surface area contributed by atoms with Gasteiger partial charge in [0.2, 0.25) is 0 Å². The van der Waals surface area contributed by atoms with E-state index in [4.69, 9.17) is 10.5 Å². The highest BCUT2D eigenvalue weighted by atomic mass is 19.3. The van der Waals surface area contributed by atoms with Crippen molar-refractivity contribution in [3.05, 3.63) is 29.3 Å². The molecule has 0 saturated heterocycles. The average Bonchev–Trinajstić information content (AvgIpc) is 2.15. The maximum absolute atomic E-state index is 12.0. The number of aryl methyl sites for hydroxylation is 1. The molecule has 0 heterocycles. The molecule has 4 heteroatoms. The van der Waals surface area contributed by atoms with Crippen molar-refractivity contribution in [1.82, 2.24) is 0 Å². The first-order valence-electron chi connectivity index (χ1n) is 4.77. The van der Waals surface area contributed by atoms with Gasteiger partial charge >= 0.3 is 0 Å². The SMILES string of the molecule is Cc1ccc(OCC(F)F)c([C@H](C)N)c1. The number of ether oxygens (including phenoxy) is 1. The van der Waals surface area contributed by atoms with Crippen LogP contribution in [0, 0.1) is 6.92 Å². The summed E-state index contributed by atoms with van der Waals surface area (Å²) in [6.07, 6.45) is -2.47. The van der Waals surface area contributed by atoms with Gasteiger partial charge in [-0.2, -0.15) is 0 Å². The van der Waals surface area contributed by atoms with E-state index in [0.717, 1.165) is 11.1 Å². The number of alkyl halides is 2. The van der Waals surface area contributed by atoms with E-state index in [1.54, 1.807) is 13.0 Å². The van der Waals surface area contributed by atoms with Gasteiger partial charge in [-0.25, -0.2) is 8.78 Å². The Morgan fingerprint density at radius 3 is 2.60 bits per heavy atom. The summed E-state index contributed by atoms with van der Waals surface area (Å²) in [6.45, 7) is 3.12. The molecule has 0 unspecified atom stereocenters. The van der Waals surface area contributed by atoms with E-state index in [1.807, 2.05) is 19.1 Å². The van der Waals surface area contributed by atoms with E-state index in [0.29, 0.717) is 5.75 Å². The minimum Gasteiger partial charge on any atom is -0.487 e. The van der Waals surface area contributed by atoms with Crippen molar-refractivity contribution in [2.45, 2.75) is 26.3 Å². The molecule has 1 aromatic carbocycles. The molecule has 0 fully saturated rings. The molecule has 0 aliphatic heterocycles. The molecule has 0 saturated carbocycles. The van der Waals surface area contributed by atoms with Crippen LogP contribution in [0.4, 0.5) is 8.78 Å². The third-order valence-electron chi connectivity index (χ3n) is 2.02. The molecule has 0 amide bonds. The Labute approximate surface area is 88.0 Å². The fraction of sp³-hybridized carbons (Fsp3) is 0.455. The van der Waals surface area contributed by atoms with E-state index < -0.39 is 13.0 Å². The van der Waals surface area contributed by atoms with Crippen LogP contribution in [0.2, 0.25) is 0 Å². The zero-order chi connectivity index (χ0) is 11.4. The van der Waals surface area contributed by atoms with Gasteiger partial charge in [0.15, 0.2) is 0 Å². The highest BCUT2D eigenvalue weighted by Crippen LogP contribution is 2.25. The summed E-state index contributed by atoms with van der Waals surface area (Å²) in [7, 11) is 0. The number of hydrogen-bond acceptors (Lipinski definition) is 2. The third-order valence-corrected chi connectivity index (χ3v) is 2.02. The Balaban J connectivity index is 2.86. The first-order valence-corrected chi connectivity index (χ1v) is 4.77. The second-order valence-electron chi connectivity index (χ2n) is 3.53. The third kappa shape index (κ3) is 3.47. The lowest BCUT2D eigenvalue weighted by atomic mass is 10.1. The minimum atomic E-state index is -2.47. The molecular formula is C11H15F2NO. The molecule has 1 rings (SSSR count). The van der Waals surface area contributed by atoms with Crippen LogP contribution < -0.4 is 10.5 Å². The van der Waals surface area contributed by atoms with Crippen LogP contribution in [0.5, 0.6) is 5.75 Å². The standard InChI is InChI=1S/C11H15F2NO/c1-7-3-4-10(15-6-11(12)13)9(5-7)8(2)14/h3-5,8,11H,6,14H2,1-2H3/t8-/m0/s1. The highest BCUT2D eigenvalue weighted by molar-refractivity contribution is 5.38. The molecule has 1 atom stereocenters. The molecule has 0 spiro atoms. The lowest BCUT2D eigenvalue weighted by molar-refractivity contribution is 0.0812. The van der Waals surface area contributed by atoms with Crippen molar-refractivity contribution in [2.75, 3.05) is 6.61 Å². The normalized spacial score (nSPS) is 12.9. The maximum atomic E-state index is 12.0. The number of benzene rings is 1. The second kappa shape index (κ2) is 5.07. The summed E-state index contributed by atoms with van der Waals surface area (Å²) in [4.78, 5) is 0. The van der Waals surface area contributed by atoms with E-state index in [-0.39, 0.29) is 6.04 Å². The molecule has 0 aliphatic rings. The first-order chi connectivity index (χ1) is 7.00. The summed E-state index contributed by atoms with van der Waals surface area (Å²) < 4.78 is 28.9. The quantitative estimate of drug-likeness (QED) is 0.838. The summed E-state index contributed by atoms with van der Waals surface area (Å²) in [5.74, 6) is 0.441. The smallest absolute Gasteiger partial charge is 0.272 e.